The second kappa shape index (κ2) is 4.58. The first-order valence-electron chi connectivity index (χ1n) is 4.70. The van der Waals surface area contributed by atoms with Crippen LogP contribution in [0.1, 0.15) is 12.8 Å². The Bertz CT molecular complexity index is 182. The molecule has 0 aromatic carbocycles. The van der Waals surface area contributed by atoms with Crippen molar-refractivity contribution in [1.29, 1.82) is 0 Å². The summed E-state index contributed by atoms with van der Waals surface area (Å²) in [5, 5.41) is 9.22. The average molecular weight is 186 g/mol. The van der Waals surface area contributed by atoms with Crippen molar-refractivity contribution in [3.8, 4) is 0 Å². The van der Waals surface area contributed by atoms with E-state index in [0.717, 1.165) is 13.0 Å². The third-order valence-corrected chi connectivity index (χ3v) is 2.29. The molecule has 1 heterocycles. The number of hydrogen-bond donors (Lipinski definition) is 1. The van der Waals surface area contributed by atoms with Gasteiger partial charge in [0.25, 0.3) is 0 Å². The van der Waals surface area contributed by atoms with Crippen LogP contribution in [0.15, 0.2) is 0 Å². The van der Waals surface area contributed by atoms with E-state index in [1.54, 1.807) is 4.90 Å². The van der Waals surface area contributed by atoms with Crippen LogP contribution in [0.25, 0.3) is 0 Å². The Morgan fingerprint density at radius 3 is 2.77 bits per heavy atom. The van der Waals surface area contributed by atoms with Gasteiger partial charge in [-0.1, -0.05) is 0 Å². The Labute approximate surface area is 79.1 Å². The molecule has 1 amide bonds. The van der Waals surface area contributed by atoms with Gasteiger partial charge in [-0.25, -0.2) is 0 Å². The highest BCUT2D eigenvalue weighted by molar-refractivity contribution is 5.76. The van der Waals surface area contributed by atoms with Crippen LogP contribution >= 0.6 is 0 Å². The zero-order chi connectivity index (χ0) is 9.84. The monoisotopic (exact) mass is 186 g/mol. The van der Waals surface area contributed by atoms with Gasteiger partial charge >= 0.3 is 0 Å². The molecule has 0 radical (unpaired) electrons. The van der Waals surface area contributed by atoms with Crippen LogP contribution in [0.5, 0.6) is 0 Å². The van der Waals surface area contributed by atoms with Crippen molar-refractivity contribution < 1.29 is 9.90 Å². The van der Waals surface area contributed by atoms with E-state index in [0.29, 0.717) is 19.5 Å². The Balaban J connectivity index is 2.24. The molecular weight excluding hydrogens is 168 g/mol. The molecule has 0 unspecified atom stereocenters. The van der Waals surface area contributed by atoms with Gasteiger partial charge < -0.3 is 14.9 Å². The average Bonchev–Trinajstić information content (AvgIpc) is 2.47. The molecule has 1 N–H and O–H groups in total. The molecule has 76 valence electrons. The molecule has 4 nitrogen and oxygen atoms in total. The third-order valence-electron chi connectivity index (χ3n) is 2.29. The number of likely N-dealkylation sites (tertiary alicyclic amines) is 1. The van der Waals surface area contributed by atoms with Crippen LogP contribution in [-0.2, 0) is 4.79 Å². The molecule has 0 aliphatic carbocycles. The lowest BCUT2D eigenvalue weighted by Gasteiger charge is -2.16. The van der Waals surface area contributed by atoms with Crippen molar-refractivity contribution in [2.24, 2.45) is 0 Å². The number of carbonyl (C=O) groups is 1. The van der Waals surface area contributed by atoms with Gasteiger partial charge in [0.1, 0.15) is 0 Å². The Morgan fingerprint density at radius 2 is 2.31 bits per heavy atom. The summed E-state index contributed by atoms with van der Waals surface area (Å²) in [6.45, 7) is 2.02. The van der Waals surface area contributed by atoms with Crippen molar-refractivity contribution in [3.05, 3.63) is 0 Å². The van der Waals surface area contributed by atoms with Gasteiger partial charge in [-0.3, -0.25) is 4.79 Å². The summed E-state index contributed by atoms with van der Waals surface area (Å²) in [7, 11) is 3.90. The van der Waals surface area contributed by atoms with Crippen LogP contribution in [0.3, 0.4) is 0 Å². The van der Waals surface area contributed by atoms with Crippen LogP contribution in [0.2, 0.25) is 0 Å². The Kier molecular flexibility index (Phi) is 3.69. The fraction of sp³-hybridized carbons (Fsp3) is 0.889. The van der Waals surface area contributed by atoms with E-state index in [-0.39, 0.29) is 12.0 Å². The Morgan fingerprint density at radius 1 is 1.62 bits per heavy atom. The number of hydrogen-bond acceptors (Lipinski definition) is 3. The second-order valence-corrected chi connectivity index (χ2v) is 3.84. The zero-order valence-electron chi connectivity index (χ0n) is 8.36. The summed E-state index contributed by atoms with van der Waals surface area (Å²) in [5.41, 5.74) is 0. The second-order valence-electron chi connectivity index (χ2n) is 3.84. The van der Waals surface area contributed by atoms with E-state index < -0.39 is 0 Å². The lowest BCUT2D eigenvalue weighted by Crippen LogP contribution is -2.31. The van der Waals surface area contributed by atoms with Crippen LogP contribution in [-0.4, -0.2) is 60.6 Å². The predicted octanol–water partition coefficient (Wildman–Crippen LogP) is -0.469. The molecule has 1 saturated heterocycles. The first-order chi connectivity index (χ1) is 6.09. The highest BCUT2D eigenvalue weighted by Crippen LogP contribution is 2.09. The molecule has 1 atom stereocenters. The number of amides is 1. The van der Waals surface area contributed by atoms with E-state index in [9.17, 15) is 9.90 Å². The van der Waals surface area contributed by atoms with E-state index in [4.69, 9.17) is 0 Å². The molecule has 0 spiro atoms. The van der Waals surface area contributed by atoms with Crippen molar-refractivity contribution >= 4 is 5.91 Å². The SMILES string of the molecule is CN(C)CCC(=O)N1CC[C@H](O)C1. The van der Waals surface area contributed by atoms with Crippen LogP contribution < -0.4 is 0 Å². The molecule has 1 aliphatic heterocycles. The summed E-state index contributed by atoms with van der Waals surface area (Å²) in [5.74, 6) is 0.158. The summed E-state index contributed by atoms with van der Waals surface area (Å²) in [4.78, 5) is 15.2. The summed E-state index contributed by atoms with van der Waals surface area (Å²) >= 11 is 0. The molecule has 0 aromatic heterocycles. The quantitative estimate of drug-likeness (QED) is 0.648. The maximum Gasteiger partial charge on any atom is 0.223 e. The molecule has 0 saturated carbocycles. The van der Waals surface area contributed by atoms with Crippen molar-refractivity contribution in [1.82, 2.24) is 9.80 Å². The van der Waals surface area contributed by atoms with E-state index >= 15 is 0 Å². The highest BCUT2D eigenvalue weighted by Gasteiger charge is 2.23. The lowest BCUT2D eigenvalue weighted by atomic mass is 10.3. The molecule has 1 fully saturated rings. The van der Waals surface area contributed by atoms with Gasteiger partial charge in [0.15, 0.2) is 0 Å². The van der Waals surface area contributed by atoms with Crippen LogP contribution in [0, 0.1) is 0 Å². The topological polar surface area (TPSA) is 43.8 Å². The number of nitrogens with zero attached hydrogens (tertiary/aromatic N) is 2. The maximum absolute atomic E-state index is 11.5. The number of aliphatic hydroxyl groups excluding tert-OH is 1. The third kappa shape index (κ3) is 3.32. The number of aliphatic hydroxyl groups is 1. The number of β-amino-alcohol motifs (C(OH)–C–C–N with tert-alkyl or cyclic N) is 1. The molecule has 13 heavy (non-hydrogen) atoms. The predicted molar refractivity (Wildman–Crippen MR) is 50.4 cm³/mol. The van der Waals surface area contributed by atoms with Gasteiger partial charge in [0, 0.05) is 26.1 Å². The summed E-state index contributed by atoms with van der Waals surface area (Å²) in [6.07, 6.45) is 0.983. The largest absolute Gasteiger partial charge is 0.391 e. The molecule has 1 aliphatic rings. The number of rotatable bonds is 3. The minimum absolute atomic E-state index is 0.158. The van der Waals surface area contributed by atoms with E-state index in [1.165, 1.54) is 0 Å². The first-order valence-corrected chi connectivity index (χ1v) is 4.70. The molecular formula is C9H18N2O2. The maximum atomic E-state index is 11.5. The summed E-state index contributed by atoms with van der Waals surface area (Å²) in [6, 6.07) is 0. The fourth-order valence-corrected chi connectivity index (χ4v) is 1.45. The summed E-state index contributed by atoms with van der Waals surface area (Å²) < 4.78 is 0. The van der Waals surface area contributed by atoms with Gasteiger partial charge in [-0.15, -0.1) is 0 Å². The van der Waals surface area contributed by atoms with E-state index in [1.807, 2.05) is 19.0 Å². The molecule has 0 aromatic rings. The molecule has 4 heteroatoms. The van der Waals surface area contributed by atoms with Crippen molar-refractivity contribution in [3.63, 3.8) is 0 Å². The van der Waals surface area contributed by atoms with Crippen molar-refractivity contribution in [2.45, 2.75) is 18.9 Å². The van der Waals surface area contributed by atoms with Gasteiger partial charge in [0.05, 0.1) is 6.10 Å². The Hall–Kier alpha value is -0.610. The molecule has 1 rings (SSSR count). The number of carbonyl (C=O) groups excluding carboxylic acids is 1. The zero-order valence-corrected chi connectivity index (χ0v) is 8.36. The highest BCUT2D eigenvalue weighted by atomic mass is 16.3. The van der Waals surface area contributed by atoms with Gasteiger partial charge in [0.2, 0.25) is 5.91 Å². The minimum atomic E-state index is -0.302. The minimum Gasteiger partial charge on any atom is -0.391 e. The van der Waals surface area contributed by atoms with Crippen molar-refractivity contribution in [2.75, 3.05) is 33.7 Å². The van der Waals surface area contributed by atoms with Gasteiger partial charge in [-0.2, -0.15) is 0 Å². The lowest BCUT2D eigenvalue weighted by molar-refractivity contribution is -0.130. The standard InChI is InChI=1S/C9H18N2O2/c1-10(2)5-4-9(13)11-6-3-8(12)7-11/h8,12H,3-7H2,1-2H3/t8-/m0/s1. The van der Waals surface area contributed by atoms with Crippen LogP contribution in [0.4, 0.5) is 0 Å². The smallest absolute Gasteiger partial charge is 0.223 e. The first kappa shape index (κ1) is 10.5. The van der Waals surface area contributed by atoms with E-state index in [2.05, 4.69) is 0 Å². The fourth-order valence-electron chi connectivity index (χ4n) is 1.45. The van der Waals surface area contributed by atoms with Gasteiger partial charge in [-0.05, 0) is 20.5 Å². The normalized spacial score (nSPS) is 22.8. The molecule has 0 bridgehead atoms.